The molecule has 43 heavy (non-hydrogen) atoms. The van der Waals surface area contributed by atoms with Gasteiger partial charge in [-0.15, -0.1) is 11.3 Å². The van der Waals surface area contributed by atoms with Crippen LogP contribution in [0.4, 0.5) is 10.8 Å². The maximum Gasteiger partial charge on any atom is 0.255 e. The number of rotatable bonds is 9. The summed E-state index contributed by atoms with van der Waals surface area (Å²) in [5, 5.41) is 16.2. The van der Waals surface area contributed by atoms with Crippen molar-refractivity contribution < 1.29 is 14.3 Å². The van der Waals surface area contributed by atoms with E-state index in [1.54, 1.807) is 30.3 Å². The van der Waals surface area contributed by atoms with Crippen LogP contribution in [-0.4, -0.2) is 36.6 Å². The number of ether oxygens (including phenoxy) is 1. The number of carbonyl (C=O) groups is 2. The van der Waals surface area contributed by atoms with Crippen molar-refractivity contribution in [3.05, 3.63) is 93.8 Å². The molecular weight excluding hydrogens is 582 g/mol. The molecular formula is C33H34ClN5O3S. The van der Waals surface area contributed by atoms with Crippen LogP contribution in [0, 0.1) is 5.41 Å². The summed E-state index contributed by atoms with van der Waals surface area (Å²) in [6, 6.07) is 20.7. The molecule has 4 N–H and O–H groups in total. The Morgan fingerprint density at radius 2 is 1.91 bits per heavy atom. The van der Waals surface area contributed by atoms with Crippen molar-refractivity contribution in [2.24, 2.45) is 5.41 Å². The molecule has 1 fully saturated rings. The second-order valence-electron chi connectivity index (χ2n) is 11.3. The largest absolute Gasteiger partial charge is 0.495 e. The summed E-state index contributed by atoms with van der Waals surface area (Å²) in [5.41, 5.74) is 4.38. The highest BCUT2D eigenvalue weighted by molar-refractivity contribution is 7.14. The summed E-state index contributed by atoms with van der Waals surface area (Å²) in [4.78, 5) is 31.6. The van der Waals surface area contributed by atoms with Crippen LogP contribution in [0.15, 0.2) is 72.1 Å². The summed E-state index contributed by atoms with van der Waals surface area (Å²) in [7, 11) is 1.54. The molecule has 4 aromatic rings. The number of halogens is 1. The molecule has 0 radical (unpaired) electrons. The van der Waals surface area contributed by atoms with Gasteiger partial charge in [0.25, 0.3) is 5.91 Å². The molecule has 10 heteroatoms. The Morgan fingerprint density at radius 3 is 2.67 bits per heavy atom. The molecule has 3 heterocycles. The quantitative estimate of drug-likeness (QED) is 0.165. The van der Waals surface area contributed by atoms with Crippen molar-refractivity contribution in [2.75, 3.05) is 24.3 Å². The molecule has 2 aliphatic heterocycles. The van der Waals surface area contributed by atoms with E-state index < -0.39 is 5.41 Å². The van der Waals surface area contributed by atoms with Gasteiger partial charge in [-0.1, -0.05) is 54.9 Å². The zero-order chi connectivity index (χ0) is 30.1. The van der Waals surface area contributed by atoms with E-state index in [1.165, 1.54) is 29.6 Å². The lowest BCUT2D eigenvalue weighted by Crippen LogP contribution is -2.63. The standard InChI is InChI=1S/C33H34ClN5O3S/c1-4-14-35-29-24-17-33(2,28(38-29)23-11-6-5-10-22(23)24)31(41)39-32-37-26(18-43-32)19-8-7-9-20(15-19)30(40)36-21-12-13-27(42-3)25(34)16-21/h5-13,15-16,18,24,28-29,35,38H,4,14,17H2,1-3H3,(H,36,40)(H,37,39,41). The van der Waals surface area contributed by atoms with Gasteiger partial charge in [0.1, 0.15) is 5.75 Å². The summed E-state index contributed by atoms with van der Waals surface area (Å²) < 4.78 is 5.18. The first-order chi connectivity index (χ1) is 20.8. The van der Waals surface area contributed by atoms with Crippen molar-refractivity contribution in [1.29, 1.82) is 0 Å². The molecule has 7 rings (SSSR count). The van der Waals surface area contributed by atoms with Crippen LogP contribution in [0.2, 0.25) is 5.02 Å². The van der Waals surface area contributed by atoms with Gasteiger partial charge in [0.05, 0.1) is 29.4 Å². The summed E-state index contributed by atoms with van der Waals surface area (Å²) in [6.07, 6.45) is 1.93. The summed E-state index contributed by atoms with van der Waals surface area (Å²) in [5.74, 6) is 0.405. The molecule has 3 aliphatic rings. The van der Waals surface area contributed by atoms with Crippen molar-refractivity contribution in [3.8, 4) is 17.0 Å². The minimum atomic E-state index is -0.641. The maximum absolute atomic E-state index is 13.9. The molecule has 1 saturated heterocycles. The van der Waals surface area contributed by atoms with Gasteiger partial charge in [-0.05, 0) is 67.8 Å². The molecule has 1 aromatic heterocycles. The fraction of sp³-hybridized carbons (Fsp3) is 0.303. The van der Waals surface area contributed by atoms with E-state index in [2.05, 4.69) is 46.4 Å². The predicted octanol–water partition coefficient (Wildman–Crippen LogP) is 6.83. The lowest BCUT2D eigenvalue weighted by Gasteiger charge is -2.54. The van der Waals surface area contributed by atoms with Gasteiger partial charge in [-0.2, -0.15) is 0 Å². The Balaban J connectivity index is 1.17. The number of nitrogens with one attached hydrogen (secondary N) is 4. The lowest BCUT2D eigenvalue weighted by atomic mass is 9.60. The van der Waals surface area contributed by atoms with Crippen molar-refractivity contribution in [2.45, 2.75) is 44.8 Å². The number of hydrogen-bond donors (Lipinski definition) is 4. The smallest absolute Gasteiger partial charge is 0.255 e. The van der Waals surface area contributed by atoms with E-state index in [9.17, 15) is 9.59 Å². The van der Waals surface area contributed by atoms with Crippen LogP contribution in [0.25, 0.3) is 11.3 Å². The second-order valence-corrected chi connectivity index (χ2v) is 12.5. The zero-order valence-corrected chi connectivity index (χ0v) is 25.8. The molecule has 222 valence electrons. The van der Waals surface area contributed by atoms with Crippen LogP contribution >= 0.6 is 22.9 Å². The van der Waals surface area contributed by atoms with Gasteiger partial charge in [0, 0.05) is 34.2 Å². The number of carbonyl (C=O) groups excluding carboxylic acids is 2. The van der Waals surface area contributed by atoms with Gasteiger partial charge in [-0.3, -0.25) is 14.9 Å². The molecule has 8 nitrogen and oxygen atoms in total. The van der Waals surface area contributed by atoms with Gasteiger partial charge < -0.3 is 20.7 Å². The number of piperidine rings is 1. The number of nitrogens with zero attached hydrogens (tertiary/aromatic N) is 1. The lowest BCUT2D eigenvalue weighted by molar-refractivity contribution is -0.130. The maximum atomic E-state index is 13.9. The molecule has 4 atom stereocenters. The second kappa shape index (κ2) is 12.1. The topological polar surface area (TPSA) is 104 Å². The molecule has 2 bridgehead atoms. The third kappa shape index (κ3) is 5.65. The number of fused-ring (bicyclic) bond motifs is 2. The monoisotopic (exact) mass is 615 g/mol. The number of aromatic nitrogens is 1. The number of hydrogen-bond acceptors (Lipinski definition) is 7. The fourth-order valence-electron chi connectivity index (χ4n) is 6.20. The fourth-order valence-corrected chi connectivity index (χ4v) is 7.17. The molecule has 0 saturated carbocycles. The SMILES string of the molecule is CCCNC1NC2c3ccccc3C1CC2(C)C(=O)Nc1nc(-c2cccc(C(=O)Nc3ccc(OC)c(Cl)c3)c2)cs1. The van der Waals surface area contributed by atoms with Crippen molar-refractivity contribution >= 4 is 45.6 Å². The first kappa shape index (κ1) is 29.3. The number of methoxy groups -OCH3 is 1. The van der Waals surface area contributed by atoms with Crippen LogP contribution in [-0.2, 0) is 4.79 Å². The van der Waals surface area contributed by atoms with Crippen LogP contribution in [0.3, 0.4) is 0 Å². The van der Waals surface area contributed by atoms with E-state index in [0.29, 0.717) is 32.8 Å². The van der Waals surface area contributed by atoms with Gasteiger partial charge in [0.15, 0.2) is 5.13 Å². The number of anilines is 2. The zero-order valence-electron chi connectivity index (χ0n) is 24.2. The summed E-state index contributed by atoms with van der Waals surface area (Å²) >= 11 is 7.58. The van der Waals surface area contributed by atoms with E-state index in [1.807, 2.05) is 30.5 Å². The first-order valence-electron chi connectivity index (χ1n) is 14.4. The Kier molecular flexibility index (Phi) is 8.24. The normalized spacial score (nSPS) is 22.1. The Hall–Kier alpha value is -3.76. The molecule has 2 amide bonds. The Bertz CT molecular complexity index is 1680. The van der Waals surface area contributed by atoms with Gasteiger partial charge in [-0.25, -0.2) is 4.98 Å². The highest BCUT2D eigenvalue weighted by atomic mass is 35.5. The third-order valence-electron chi connectivity index (χ3n) is 8.42. The predicted molar refractivity (Wildman–Crippen MR) is 172 cm³/mol. The minimum absolute atomic E-state index is 0.0503. The highest BCUT2D eigenvalue weighted by Gasteiger charge is 2.54. The first-order valence-corrected chi connectivity index (χ1v) is 15.7. The minimum Gasteiger partial charge on any atom is -0.495 e. The third-order valence-corrected chi connectivity index (χ3v) is 9.48. The molecule has 3 aromatic carbocycles. The Morgan fingerprint density at radius 1 is 1.09 bits per heavy atom. The molecule has 0 spiro atoms. The van der Waals surface area contributed by atoms with E-state index in [0.717, 1.165) is 24.9 Å². The van der Waals surface area contributed by atoms with Crippen LogP contribution < -0.4 is 26.0 Å². The van der Waals surface area contributed by atoms with Crippen molar-refractivity contribution in [3.63, 3.8) is 0 Å². The van der Waals surface area contributed by atoms with Gasteiger partial charge >= 0.3 is 0 Å². The number of amides is 2. The van der Waals surface area contributed by atoms with Gasteiger partial charge in [0.2, 0.25) is 5.91 Å². The van der Waals surface area contributed by atoms with Crippen LogP contribution in [0.5, 0.6) is 5.75 Å². The average molecular weight is 616 g/mol. The number of benzene rings is 3. The van der Waals surface area contributed by atoms with E-state index in [-0.39, 0.29) is 29.9 Å². The van der Waals surface area contributed by atoms with Crippen LogP contribution in [0.1, 0.15) is 60.1 Å². The van der Waals surface area contributed by atoms with Crippen molar-refractivity contribution in [1.82, 2.24) is 15.6 Å². The average Bonchev–Trinajstić information content (AvgIpc) is 3.49. The molecule has 4 unspecified atom stereocenters. The summed E-state index contributed by atoms with van der Waals surface area (Å²) in [6.45, 7) is 5.13. The number of thiazole rings is 1. The van der Waals surface area contributed by atoms with E-state index in [4.69, 9.17) is 21.3 Å². The van der Waals surface area contributed by atoms with E-state index >= 15 is 0 Å². The highest BCUT2D eigenvalue weighted by Crippen LogP contribution is 2.54. The Labute approximate surface area is 260 Å². The molecule has 1 aliphatic carbocycles.